The van der Waals surface area contributed by atoms with Crippen LogP contribution in [0.3, 0.4) is 0 Å². The van der Waals surface area contributed by atoms with E-state index < -0.39 is 6.04 Å². The molecule has 2 fully saturated rings. The number of aromatic amines is 1. The molecule has 50 heavy (non-hydrogen) atoms. The van der Waals surface area contributed by atoms with Gasteiger partial charge in [0.05, 0.1) is 13.2 Å². The van der Waals surface area contributed by atoms with Crippen LogP contribution in [0.25, 0.3) is 22.5 Å². The average Bonchev–Trinajstić information content (AvgIpc) is 3.71. The topological polar surface area (TPSA) is 180 Å². The Morgan fingerprint density at radius 1 is 0.920 bits per heavy atom. The molecule has 13 nitrogen and oxygen atoms in total. The Bertz CT molecular complexity index is 1700. The maximum atomic E-state index is 13.7. The monoisotopic (exact) mass is 679 g/mol. The zero-order chi connectivity index (χ0) is 34.7. The Kier molecular flexibility index (Phi) is 11.9. The number of amides is 3. The molecule has 0 unspecified atom stereocenters. The zero-order valence-corrected chi connectivity index (χ0v) is 28.1. The molecule has 6 N–H and O–H groups in total. The fraction of sp³-hybridized carbons (Fsp3) is 0.405. The Morgan fingerprint density at radius 2 is 1.66 bits per heavy atom. The normalized spacial score (nSPS) is 18.6. The Morgan fingerprint density at radius 3 is 2.36 bits per heavy atom. The molecule has 3 amide bonds. The van der Waals surface area contributed by atoms with Crippen molar-refractivity contribution < 1.29 is 19.1 Å². The first-order valence-corrected chi connectivity index (χ1v) is 17.4. The average molecular weight is 680 g/mol. The van der Waals surface area contributed by atoms with Crippen LogP contribution in [0, 0.1) is 11.8 Å². The van der Waals surface area contributed by atoms with Gasteiger partial charge in [-0.3, -0.25) is 19.3 Å². The van der Waals surface area contributed by atoms with Crippen LogP contribution in [0.15, 0.2) is 72.8 Å². The van der Waals surface area contributed by atoms with Gasteiger partial charge in [0, 0.05) is 55.3 Å². The number of hydrogen-bond acceptors (Lipinski definition) is 9. The molecule has 0 spiro atoms. The lowest BCUT2D eigenvalue weighted by Crippen LogP contribution is -2.48. The summed E-state index contributed by atoms with van der Waals surface area (Å²) in [4.78, 5) is 42.3. The zero-order valence-electron chi connectivity index (χ0n) is 28.1. The molecule has 4 aromatic rings. The van der Waals surface area contributed by atoms with Gasteiger partial charge >= 0.3 is 0 Å². The molecule has 1 saturated carbocycles. The predicted molar refractivity (Wildman–Crippen MR) is 190 cm³/mol. The van der Waals surface area contributed by atoms with E-state index in [4.69, 9.17) is 10.5 Å². The fourth-order valence-electron chi connectivity index (χ4n) is 6.54. The number of rotatable bonds is 13. The highest BCUT2D eigenvalue weighted by Crippen LogP contribution is 2.29. The second-order valence-electron chi connectivity index (χ2n) is 13.0. The van der Waals surface area contributed by atoms with Crippen LogP contribution in [-0.4, -0.2) is 95.2 Å². The number of hydrogen-bond donors (Lipinski definition) is 5. The molecule has 1 aromatic heterocycles. The van der Waals surface area contributed by atoms with Gasteiger partial charge in [-0.25, -0.2) is 5.10 Å². The number of nitrogens with two attached hydrogens (primary N) is 1. The van der Waals surface area contributed by atoms with Crippen molar-refractivity contribution in [3.63, 3.8) is 0 Å². The minimum Gasteiger partial charge on any atom is -0.379 e. The third-order valence-corrected chi connectivity index (χ3v) is 9.62. The SMILES string of the molecule is NCC1CCC(C(=O)N[C@@H](Cc2ccc(-c3cccc(C(=O)NCCN4CCOCC4)c3)cc2)C(=O)Nc2ccc(-c3nnn[nH]3)cc2)CC1. The highest BCUT2D eigenvalue weighted by molar-refractivity contribution is 5.98. The summed E-state index contributed by atoms with van der Waals surface area (Å²) in [6.45, 7) is 5.22. The van der Waals surface area contributed by atoms with Gasteiger partial charge in [0.15, 0.2) is 5.82 Å². The predicted octanol–water partition coefficient (Wildman–Crippen LogP) is 3.03. The quantitative estimate of drug-likeness (QED) is 0.142. The van der Waals surface area contributed by atoms with Crippen molar-refractivity contribution in [3.05, 3.63) is 83.9 Å². The molecule has 2 aliphatic rings. The number of nitrogens with one attached hydrogen (secondary N) is 4. The van der Waals surface area contributed by atoms with E-state index in [1.165, 1.54) is 0 Å². The summed E-state index contributed by atoms with van der Waals surface area (Å²) in [5.74, 6) is 0.305. The third kappa shape index (κ3) is 9.37. The molecule has 1 atom stereocenters. The van der Waals surface area contributed by atoms with Gasteiger partial charge in [0.25, 0.3) is 5.91 Å². The lowest BCUT2D eigenvalue weighted by atomic mass is 9.81. The number of ether oxygens (including phenoxy) is 1. The molecule has 3 aromatic carbocycles. The van der Waals surface area contributed by atoms with Gasteiger partial charge in [0.2, 0.25) is 11.8 Å². The lowest BCUT2D eigenvalue weighted by Gasteiger charge is -2.28. The van der Waals surface area contributed by atoms with Gasteiger partial charge in [-0.15, -0.1) is 5.10 Å². The first kappa shape index (κ1) is 34.9. The maximum absolute atomic E-state index is 13.7. The highest BCUT2D eigenvalue weighted by atomic mass is 16.5. The second kappa shape index (κ2) is 17.1. The molecule has 6 rings (SSSR count). The number of morpholine rings is 1. The van der Waals surface area contributed by atoms with Gasteiger partial charge in [-0.05, 0) is 102 Å². The number of aromatic nitrogens is 4. The first-order valence-electron chi connectivity index (χ1n) is 17.4. The van der Waals surface area contributed by atoms with Gasteiger partial charge < -0.3 is 26.4 Å². The summed E-state index contributed by atoms with van der Waals surface area (Å²) >= 11 is 0. The Balaban J connectivity index is 1.10. The van der Waals surface area contributed by atoms with E-state index in [0.717, 1.165) is 80.8 Å². The lowest BCUT2D eigenvalue weighted by molar-refractivity contribution is -0.130. The van der Waals surface area contributed by atoms with E-state index in [9.17, 15) is 14.4 Å². The van der Waals surface area contributed by atoms with E-state index >= 15 is 0 Å². The minimum absolute atomic E-state index is 0.106. The van der Waals surface area contributed by atoms with E-state index in [2.05, 4.69) is 41.5 Å². The van der Waals surface area contributed by atoms with Crippen molar-refractivity contribution in [1.82, 2.24) is 36.2 Å². The summed E-state index contributed by atoms with van der Waals surface area (Å²) in [5.41, 5.74) is 10.6. The standard InChI is InChI=1S/C37H45N9O4/c38-24-26-6-10-29(11-7-26)36(48)41-33(37(49)40-32-14-12-28(13-15-32)34-42-44-45-43-34)22-25-4-8-27(9-5-25)30-2-1-3-31(23-30)35(47)39-16-17-46-18-20-50-21-19-46/h1-5,8-9,12-15,23,26,29,33H,6-7,10-11,16-22,24,38H2,(H,39,47)(H,40,49)(H,41,48)(H,42,43,44,45)/t26?,29?,33-/m0/s1. The molecule has 1 saturated heterocycles. The Labute approximate surface area is 291 Å². The van der Waals surface area contributed by atoms with Crippen molar-refractivity contribution in [2.24, 2.45) is 17.6 Å². The van der Waals surface area contributed by atoms with E-state index in [1.54, 1.807) is 12.1 Å². The summed E-state index contributed by atoms with van der Waals surface area (Å²) < 4.78 is 5.40. The maximum Gasteiger partial charge on any atom is 0.251 e. The van der Waals surface area contributed by atoms with Crippen molar-refractivity contribution >= 4 is 23.4 Å². The highest BCUT2D eigenvalue weighted by Gasteiger charge is 2.29. The number of H-pyrrole nitrogens is 1. The molecule has 13 heteroatoms. The molecule has 1 aliphatic heterocycles. The summed E-state index contributed by atoms with van der Waals surface area (Å²) in [5, 5.41) is 22.9. The van der Waals surface area contributed by atoms with Crippen LogP contribution in [0.5, 0.6) is 0 Å². The molecule has 1 aliphatic carbocycles. The van der Waals surface area contributed by atoms with E-state index in [-0.39, 0.29) is 23.6 Å². The van der Waals surface area contributed by atoms with Crippen molar-refractivity contribution in [2.45, 2.75) is 38.1 Å². The number of anilines is 1. The summed E-state index contributed by atoms with van der Waals surface area (Å²) in [6, 6.07) is 21.8. The number of carbonyl (C=O) groups is 3. The molecule has 2 heterocycles. The minimum atomic E-state index is -0.789. The molecular weight excluding hydrogens is 634 g/mol. The van der Waals surface area contributed by atoms with Crippen molar-refractivity contribution in [2.75, 3.05) is 51.3 Å². The number of carbonyl (C=O) groups excluding carboxylic acids is 3. The third-order valence-electron chi connectivity index (χ3n) is 9.62. The number of tetrazole rings is 1. The van der Waals surface area contributed by atoms with Crippen LogP contribution >= 0.6 is 0 Å². The van der Waals surface area contributed by atoms with Crippen LogP contribution in [0.1, 0.15) is 41.6 Å². The van der Waals surface area contributed by atoms with Gasteiger partial charge in [-0.2, -0.15) is 0 Å². The molecule has 262 valence electrons. The molecule has 0 radical (unpaired) electrons. The van der Waals surface area contributed by atoms with Gasteiger partial charge in [0.1, 0.15) is 6.04 Å². The van der Waals surface area contributed by atoms with Crippen LogP contribution in [0.4, 0.5) is 5.69 Å². The van der Waals surface area contributed by atoms with E-state index in [0.29, 0.717) is 42.5 Å². The van der Waals surface area contributed by atoms with Crippen LogP contribution in [-0.2, 0) is 20.7 Å². The largest absolute Gasteiger partial charge is 0.379 e. The summed E-state index contributed by atoms with van der Waals surface area (Å²) in [7, 11) is 0. The van der Waals surface area contributed by atoms with Crippen molar-refractivity contribution in [3.8, 4) is 22.5 Å². The smallest absolute Gasteiger partial charge is 0.251 e. The number of nitrogens with zero attached hydrogens (tertiary/aromatic N) is 4. The van der Waals surface area contributed by atoms with Crippen LogP contribution < -0.4 is 21.7 Å². The number of benzene rings is 3. The summed E-state index contributed by atoms with van der Waals surface area (Å²) in [6.07, 6.45) is 3.66. The molecular formula is C37H45N9O4. The van der Waals surface area contributed by atoms with Crippen LogP contribution in [0.2, 0.25) is 0 Å². The second-order valence-corrected chi connectivity index (χ2v) is 13.0. The van der Waals surface area contributed by atoms with Crippen molar-refractivity contribution in [1.29, 1.82) is 0 Å². The fourth-order valence-corrected chi connectivity index (χ4v) is 6.54. The van der Waals surface area contributed by atoms with Gasteiger partial charge in [-0.1, -0.05) is 36.4 Å². The van der Waals surface area contributed by atoms with E-state index in [1.807, 2.05) is 60.7 Å². The Hall–Kier alpha value is -4.98. The first-order chi connectivity index (χ1) is 24.4. The molecule has 0 bridgehead atoms.